The number of amides is 1. The fourth-order valence-electron chi connectivity index (χ4n) is 4.89. The molecule has 0 aliphatic heterocycles. The van der Waals surface area contributed by atoms with E-state index >= 15 is 0 Å². The lowest BCUT2D eigenvalue weighted by atomic mass is 9.96. The van der Waals surface area contributed by atoms with E-state index in [1.807, 2.05) is 30.3 Å². The smallest absolute Gasteiger partial charge is 0.321 e. The van der Waals surface area contributed by atoms with Crippen LogP contribution in [0.25, 0.3) is 16.5 Å². The van der Waals surface area contributed by atoms with Gasteiger partial charge in [-0.3, -0.25) is 9.59 Å². The van der Waals surface area contributed by atoms with Gasteiger partial charge in [0.05, 0.1) is 19.6 Å². The average molecular weight is 583 g/mol. The van der Waals surface area contributed by atoms with Gasteiger partial charge in [0.15, 0.2) is 10.6 Å². The Morgan fingerprint density at radius 3 is 2.24 bits per heavy atom. The number of ether oxygens (including phenoxy) is 2. The summed E-state index contributed by atoms with van der Waals surface area (Å²) in [5.74, 6) is -1.84. The standard InChI is InChI=1S/C30H34N2O8S/c1-17(2)25(29(34)35)32-41(36,37)30(14-12-21(13-15-30)20-10-8-7-9-11-20)31-28(33)27-19(4)24-23(39-6)16-22(38-5)18(3)26(24)40-27/h7-14,16-17,25,32H,15H2,1-6H3,(H,31,33)(H,34,35)/t25-,30?/m0/s1. The molecule has 11 heteroatoms. The molecule has 0 saturated carbocycles. The molecule has 3 N–H and O–H groups in total. The van der Waals surface area contributed by atoms with Gasteiger partial charge in [0.2, 0.25) is 10.0 Å². The number of methoxy groups -OCH3 is 2. The molecule has 1 heterocycles. The lowest BCUT2D eigenvalue weighted by molar-refractivity contribution is -0.140. The van der Waals surface area contributed by atoms with Crippen LogP contribution in [0.5, 0.6) is 11.5 Å². The first-order chi connectivity index (χ1) is 19.4. The molecule has 1 amide bonds. The normalized spacial score (nSPS) is 17.8. The van der Waals surface area contributed by atoms with Crippen molar-refractivity contribution in [3.63, 3.8) is 0 Å². The maximum absolute atomic E-state index is 13.9. The number of carbonyl (C=O) groups excluding carboxylic acids is 1. The Morgan fingerprint density at radius 2 is 1.71 bits per heavy atom. The molecule has 0 fully saturated rings. The van der Waals surface area contributed by atoms with Crippen LogP contribution < -0.4 is 19.5 Å². The quantitative estimate of drug-likeness (QED) is 0.316. The summed E-state index contributed by atoms with van der Waals surface area (Å²) < 4.78 is 47.0. The first-order valence-electron chi connectivity index (χ1n) is 13.0. The molecule has 1 unspecified atom stereocenters. The van der Waals surface area contributed by atoms with Gasteiger partial charge in [-0.15, -0.1) is 0 Å². The number of sulfonamides is 1. The van der Waals surface area contributed by atoms with E-state index in [1.54, 1.807) is 45.9 Å². The Morgan fingerprint density at radius 1 is 1.05 bits per heavy atom. The van der Waals surface area contributed by atoms with Crippen LogP contribution in [0, 0.1) is 19.8 Å². The van der Waals surface area contributed by atoms with Gasteiger partial charge in [-0.1, -0.05) is 56.3 Å². The lowest BCUT2D eigenvalue weighted by Crippen LogP contribution is -2.60. The number of aryl methyl sites for hydroxylation is 2. The fourth-order valence-corrected chi connectivity index (χ4v) is 6.59. The van der Waals surface area contributed by atoms with E-state index in [9.17, 15) is 23.1 Å². The summed E-state index contributed by atoms with van der Waals surface area (Å²) in [5.41, 5.74) is 3.09. The van der Waals surface area contributed by atoms with Gasteiger partial charge in [-0.2, -0.15) is 4.72 Å². The number of benzene rings is 2. The zero-order valence-electron chi connectivity index (χ0n) is 23.8. The molecule has 41 heavy (non-hydrogen) atoms. The maximum atomic E-state index is 13.9. The van der Waals surface area contributed by atoms with Crippen molar-refractivity contribution in [3.05, 3.63) is 77.1 Å². The third kappa shape index (κ3) is 5.47. The highest BCUT2D eigenvalue weighted by Gasteiger charge is 2.46. The first-order valence-corrected chi connectivity index (χ1v) is 14.5. The van der Waals surface area contributed by atoms with Gasteiger partial charge >= 0.3 is 5.97 Å². The van der Waals surface area contributed by atoms with Gasteiger partial charge in [0.25, 0.3) is 5.91 Å². The van der Waals surface area contributed by atoms with E-state index in [-0.39, 0.29) is 12.2 Å². The molecule has 4 rings (SSSR count). The monoisotopic (exact) mass is 582 g/mol. The second-order valence-corrected chi connectivity index (χ2v) is 12.2. The molecule has 1 aliphatic carbocycles. The summed E-state index contributed by atoms with van der Waals surface area (Å²) in [4.78, 5) is 23.7. The third-order valence-corrected chi connectivity index (χ3v) is 9.22. The molecule has 0 spiro atoms. The van der Waals surface area contributed by atoms with Gasteiger partial charge in [0.1, 0.15) is 23.1 Å². The SMILES string of the molecule is COc1cc(OC)c2c(C)c(C(=O)NC3(S(=O)(=O)N[C@H](C(=O)O)C(C)C)C=CC(c4ccccc4)=CC3)oc2c1C. The van der Waals surface area contributed by atoms with E-state index in [1.165, 1.54) is 20.3 Å². The summed E-state index contributed by atoms with van der Waals surface area (Å²) in [5, 5.41) is 12.9. The van der Waals surface area contributed by atoms with Crippen LogP contribution >= 0.6 is 0 Å². The van der Waals surface area contributed by atoms with Crippen molar-refractivity contribution in [2.75, 3.05) is 14.2 Å². The van der Waals surface area contributed by atoms with Gasteiger partial charge in [-0.05, 0) is 37.0 Å². The highest BCUT2D eigenvalue weighted by atomic mass is 32.2. The van der Waals surface area contributed by atoms with Crippen molar-refractivity contribution in [1.29, 1.82) is 0 Å². The number of hydrogen-bond donors (Lipinski definition) is 3. The molecule has 0 radical (unpaired) electrons. The van der Waals surface area contributed by atoms with Crippen molar-refractivity contribution in [2.24, 2.45) is 5.92 Å². The molecule has 2 atom stereocenters. The molecule has 2 aromatic carbocycles. The second-order valence-electron chi connectivity index (χ2n) is 10.3. The lowest BCUT2D eigenvalue weighted by Gasteiger charge is -2.34. The van der Waals surface area contributed by atoms with E-state index in [4.69, 9.17) is 13.9 Å². The van der Waals surface area contributed by atoms with Crippen molar-refractivity contribution < 1.29 is 37.0 Å². The molecule has 3 aromatic rings. The summed E-state index contributed by atoms with van der Waals surface area (Å²) in [7, 11) is -1.51. The maximum Gasteiger partial charge on any atom is 0.321 e. The average Bonchev–Trinajstić information content (AvgIpc) is 3.30. The molecular formula is C30H34N2O8S. The first kappa shape index (κ1) is 29.9. The van der Waals surface area contributed by atoms with Crippen LogP contribution in [0.2, 0.25) is 0 Å². The molecule has 0 saturated heterocycles. The Labute approximate surface area is 239 Å². The van der Waals surface area contributed by atoms with Crippen LogP contribution in [-0.4, -0.2) is 50.5 Å². The number of furan rings is 1. The minimum Gasteiger partial charge on any atom is -0.496 e. The zero-order valence-corrected chi connectivity index (χ0v) is 24.6. The van der Waals surface area contributed by atoms with E-state index in [0.29, 0.717) is 33.6 Å². The second kappa shape index (κ2) is 11.4. The van der Waals surface area contributed by atoms with E-state index < -0.39 is 38.7 Å². The topological polar surface area (TPSA) is 144 Å². The molecule has 10 nitrogen and oxygen atoms in total. The number of carboxylic acids is 1. The molecular weight excluding hydrogens is 548 g/mol. The summed E-state index contributed by atoms with van der Waals surface area (Å²) >= 11 is 0. The van der Waals surface area contributed by atoms with Gasteiger partial charge < -0.3 is 24.3 Å². The fraction of sp³-hybridized carbons (Fsp3) is 0.333. The van der Waals surface area contributed by atoms with Crippen LogP contribution in [0.3, 0.4) is 0 Å². The number of carboxylic acid groups (broad SMARTS) is 1. The van der Waals surface area contributed by atoms with Gasteiger partial charge in [-0.25, -0.2) is 8.42 Å². The number of allylic oxidation sites excluding steroid dienone is 2. The Bertz CT molecular complexity index is 1650. The minimum absolute atomic E-state index is 0.103. The molecule has 1 aliphatic rings. The van der Waals surface area contributed by atoms with Gasteiger partial charge in [0, 0.05) is 23.6 Å². The summed E-state index contributed by atoms with van der Waals surface area (Å²) in [6, 6.07) is 9.65. The minimum atomic E-state index is -4.50. The summed E-state index contributed by atoms with van der Waals surface area (Å²) in [6.45, 7) is 6.65. The molecule has 218 valence electrons. The van der Waals surface area contributed by atoms with Crippen molar-refractivity contribution in [1.82, 2.24) is 10.0 Å². The highest BCUT2D eigenvalue weighted by molar-refractivity contribution is 7.91. The Kier molecular flexibility index (Phi) is 8.32. The zero-order chi connectivity index (χ0) is 30.1. The number of rotatable bonds is 10. The molecule has 0 bridgehead atoms. The predicted octanol–water partition coefficient (Wildman–Crippen LogP) is 4.57. The van der Waals surface area contributed by atoms with Crippen molar-refractivity contribution >= 4 is 38.4 Å². The number of aliphatic carboxylic acids is 1. The largest absolute Gasteiger partial charge is 0.496 e. The van der Waals surface area contributed by atoms with Crippen LogP contribution in [0.4, 0.5) is 0 Å². The summed E-state index contributed by atoms with van der Waals surface area (Å²) in [6.07, 6.45) is 4.52. The predicted molar refractivity (Wildman–Crippen MR) is 155 cm³/mol. The van der Waals surface area contributed by atoms with Crippen LogP contribution in [0.1, 0.15) is 47.5 Å². The van der Waals surface area contributed by atoms with Crippen molar-refractivity contribution in [2.45, 2.75) is 45.0 Å². The number of nitrogens with one attached hydrogen (secondary N) is 2. The van der Waals surface area contributed by atoms with E-state index in [0.717, 1.165) is 11.1 Å². The number of fused-ring (bicyclic) bond motifs is 1. The van der Waals surface area contributed by atoms with E-state index in [2.05, 4.69) is 10.0 Å². The Balaban J connectivity index is 1.80. The van der Waals surface area contributed by atoms with Crippen molar-refractivity contribution in [3.8, 4) is 11.5 Å². The highest BCUT2D eigenvalue weighted by Crippen LogP contribution is 2.40. The van der Waals surface area contributed by atoms with Crippen LogP contribution in [-0.2, 0) is 14.8 Å². The third-order valence-electron chi connectivity index (χ3n) is 7.30. The van der Waals surface area contributed by atoms with Crippen LogP contribution in [0.15, 0.2) is 59.0 Å². The number of carbonyl (C=O) groups is 2. The Hall–Kier alpha value is -4.09. The number of hydrogen-bond acceptors (Lipinski definition) is 7. The molecule has 1 aromatic heterocycles.